The van der Waals surface area contributed by atoms with Gasteiger partial charge < -0.3 is 0 Å². The monoisotopic (exact) mass is 236 g/mol. The standard InChI is InChI=1S/C15H28N2/c1-4-6-8-10-12-14-15(17-16-3)13-11-9-7-5-2/h4,10,15-17H,5,7,9,11-14H2,1-3H3. The van der Waals surface area contributed by atoms with E-state index in [9.17, 15) is 0 Å². The van der Waals surface area contributed by atoms with Crippen LogP contribution in [-0.4, -0.2) is 13.1 Å². The van der Waals surface area contributed by atoms with Crippen LogP contribution >= 0.6 is 0 Å². The maximum absolute atomic E-state index is 3.32. The van der Waals surface area contributed by atoms with Crippen LogP contribution in [0, 0.1) is 0 Å². The van der Waals surface area contributed by atoms with Crippen LogP contribution in [-0.2, 0) is 0 Å². The van der Waals surface area contributed by atoms with E-state index in [1.54, 1.807) is 0 Å². The number of rotatable bonds is 10. The average Bonchev–Trinajstić information content (AvgIpc) is 2.34. The summed E-state index contributed by atoms with van der Waals surface area (Å²) in [6, 6.07) is 0.570. The van der Waals surface area contributed by atoms with Gasteiger partial charge in [0.2, 0.25) is 0 Å². The maximum atomic E-state index is 3.32. The molecule has 1 unspecified atom stereocenters. The number of nitrogens with one attached hydrogen (secondary N) is 2. The van der Waals surface area contributed by atoms with E-state index in [2.05, 4.69) is 35.3 Å². The molecule has 0 rings (SSSR count). The molecule has 0 saturated carbocycles. The quantitative estimate of drug-likeness (QED) is 0.343. The molecule has 0 radical (unpaired) electrons. The van der Waals surface area contributed by atoms with Gasteiger partial charge in [0.25, 0.3) is 0 Å². The smallest absolute Gasteiger partial charge is 0.0216 e. The van der Waals surface area contributed by atoms with Crippen molar-refractivity contribution >= 4 is 0 Å². The summed E-state index contributed by atoms with van der Waals surface area (Å²) in [6.07, 6.45) is 12.8. The zero-order chi connectivity index (χ0) is 12.8. The van der Waals surface area contributed by atoms with Crippen molar-refractivity contribution in [1.29, 1.82) is 0 Å². The Bertz CT molecular complexity index is 246. The van der Waals surface area contributed by atoms with Crippen LogP contribution in [0.3, 0.4) is 0 Å². The predicted octanol–water partition coefficient (Wildman–Crippen LogP) is 3.72. The van der Waals surface area contributed by atoms with Crippen LogP contribution < -0.4 is 10.9 Å². The Labute approximate surface area is 107 Å². The number of allylic oxidation sites excluding steroid dienone is 2. The normalized spacial score (nSPS) is 11.5. The van der Waals surface area contributed by atoms with E-state index in [1.807, 2.05) is 20.0 Å². The molecule has 0 aromatic heterocycles. The lowest BCUT2D eigenvalue weighted by molar-refractivity contribution is 0.399. The summed E-state index contributed by atoms with van der Waals surface area (Å²) >= 11 is 0. The van der Waals surface area contributed by atoms with Gasteiger partial charge in [-0.15, -0.1) is 0 Å². The Kier molecular flexibility index (Phi) is 12.7. The average molecular weight is 236 g/mol. The van der Waals surface area contributed by atoms with Crippen molar-refractivity contribution in [3.8, 4) is 0 Å². The molecule has 2 nitrogen and oxygen atoms in total. The molecule has 2 N–H and O–H groups in total. The highest BCUT2D eigenvalue weighted by Gasteiger charge is 2.05. The van der Waals surface area contributed by atoms with E-state index in [0.29, 0.717) is 6.04 Å². The minimum Gasteiger partial charge on any atom is -0.261 e. The van der Waals surface area contributed by atoms with E-state index in [0.717, 1.165) is 12.8 Å². The van der Waals surface area contributed by atoms with Crippen LogP contribution in [0.5, 0.6) is 0 Å². The van der Waals surface area contributed by atoms with Crippen molar-refractivity contribution < 1.29 is 0 Å². The topological polar surface area (TPSA) is 24.1 Å². The first-order valence-electron chi connectivity index (χ1n) is 6.88. The zero-order valence-electron chi connectivity index (χ0n) is 11.7. The van der Waals surface area contributed by atoms with Gasteiger partial charge in [0.05, 0.1) is 0 Å². The molecule has 0 aliphatic carbocycles. The number of hydrogen-bond acceptors (Lipinski definition) is 2. The highest BCUT2D eigenvalue weighted by molar-refractivity contribution is 4.85. The molecule has 0 aliphatic heterocycles. The summed E-state index contributed by atoms with van der Waals surface area (Å²) in [5, 5.41) is 0. The van der Waals surface area contributed by atoms with E-state index in [-0.39, 0.29) is 0 Å². The molecule has 17 heavy (non-hydrogen) atoms. The number of hydrazine groups is 1. The van der Waals surface area contributed by atoms with E-state index in [1.165, 1.54) is 32.1 Å². The molecule has 0 spiro atoms. The van der Waals surface area contributed by atoms with Crippen molar-refractivity contribution in [2.45, 2.75) is 64.8 Å². The fourth-order valence-electron chi connectivity index (χ4n) is 1.81. The second-order valence-electron chi connectivity index (χ2n) is 4.30. The SMILES string of the molecule is CC=C=C=CCCC(CCCCCC)NNC. The van der Waals surface area contributed by atoms with Crippen molar-refractivity contribution in [2.24, 2.45) is 0 Å². The molecule has 0 amide bonds. The summed E-state index contributed by atoms with van der Waals surface area (Å²) < 4.78 is 0. The minimum absolute atomic E-state index is 0.570. The summed E-state index contributed by atoms with van der Waals surface area (Å²) in [4.78, 5) is 0. The van der Waals surface area contributed by atoms with Gasteiger partial charge in [-0.25, -0.2) is 0 Å². The second kappa shape index (κ2) is 13.3. The highest BCUT2D eigenvalue weighted by atomic mass is 15.3. The van der Waals surface area contributed by atoms with Crippen LogP contribution in [0.1, 0.15) is 58.8 Å². The van der Waals surface area contributed by atoms with Crippen LogP contribution in [0.15, 0.2) is 23.6 Å². The molecule has 1 atom stereocenters. The van der Waals surface area contributed by atoms with Crippen LogP contribution in [0.25, 0.3) is 0 Å². The van der Waals surface area contributed by atoms with Crippen molar-refractivity contribution in [3.63, 3.8) is 0 Å². The fourth-order valence-corrected chi connectivity index (χ4v) is 1.81. The van der Waals surface area contributed by atoms with Crippen LogP contribution in [0.2, 0.25) is 0 Å². The zero-order valence-corrected chi connectivity index (χ0v) is 11.7. The molecule has 0 saturated heterocycles. The van der Waals surface area contributed by atoms with Gasteiger partial charge in [-0.3, -0.25) is 10.9 Å². The summed E-state index contributed by atoms with van der Waals surface area (Å²) in [7, 11) is 1.94. The molecule has 0 aliphatic rings. The lowest BCUT2D eigenvalue weighted by Crippen LogP contribution is -2.38. The first-order valence-corrected chi connectivity index (χ1v) is 6.88. The van der Waals surface area contributed by atoms with Gasteiger partial charge in [0, 0.05) is 6.04 Å². The van der Waals surface area contributed by atoms with Gasteiger partial charge in [0.15, 0.2) is 0 Å². The third-order valence-corrected chi connectivity index (χ3v) is 2.74. The van der Waals surface area contributed by atoms with E-state index in [4.69, 9.17) is 0 Å². The van der Waals surface area contributed by atoms with Crippen molar-refractivity contribution in [3.05, 3.63) is 23.6 Å². The van der Waals surface area contributed by atoms with Gasteiger partial charge in [-0.1, -0.05) is 44.1 Å². The largest absolute Gasteiger partial charge is 0.261 e. The highest BCUT2D eigenvalue weighted by Crippen LogP contribution is 2.09. The van der Waals surface area contributed by atoms with Gasteiger partial charge in [-0.2, -0.15) is 0 Å². The predicted molar refractivity (Wildman–Crippen MR) is 75.8 cm³/mol. The molecule has 0 heterocycles. The summed E-state index contributed by atoms with van der Waals surface area (Å²) in [6.45, 7) is 4.21. The molecule has 0 aromatic carbocycles. The third kappa shape index (κ3) is 11.5. The Hall–Kier alpha value is -0.780. The second-order valence-corrected chi connectivity index (χ2v) is 4.30. The third-order valence-electron chi connectivity index (χ3n) is 2.74. The van der Waals surface area contributed by atoms with Crippen molar-refractivity contribution in [1.82, 2.24) is 10.9 Å². The molecule has 2 heteroatoms. The molecular formula is C15H28N2. The minimum atomic E-state index is 0.570. The Morgan fingerprint density at radius 3 is 2.59 bits per heavy atom. The first kappa shape index (κ1) is 16.2. The fraction of sp³-hybridized carbons (Fsp3) is 0.733. The summed E-state index contributed by atoms with van der Waals surface area (Å²) in [5.74, 6) is 0. The molecule has 98 valence electrons. The first-order chi connectivity index (χ1) is 8.35. The number of unbranched alkanes of at least 4 members (excludes halogenated alkanes) is 3. The Morgan fingerprint density at radius 2 is 1.94 bits per heavy atom. The number of hydrogen-bond donors (Lipinski definition) is 2. The van der Waals surface area contributed by atoms with Crippen LogP contribution in [0.4, 0.5) is 0 Å². The lowest BCUT2D eigenvalue weighted by Gasteiger charge is -2.16. The van der Waals surface area contributed by atoms with Crippen molar-refractivity contribution in [2.75, 3.05) is 7.05 Å². The lowest BCUT2D eigenvalue weighted by atomic mass is 10.0. The molecule has 0 fully saturated rings. The molecule has 0 bridgehead atoms. The molecular weight excluding hydrogens is 208 g/mol. The van der Waals surface area contributed by atoms with E-state index < -0.39 is 0 Å². The van der Waals surface area contributed by atoms with Gasteiger partial charge in [0.1, 0.15) is 0 Å². The van der Waals surface area contributed by atoms with E-state index >= 15 is 0 Å². The van der Waals surface area contributed by atoms with Gasteiger partial charge in [-0.05, 0) is 45.4 Å². The summed E-state index contributed by atoms with van der Waals surface area (Å²) in [5.41, 5.74) is 12.4. The Morgan fingerprint density at radius 1 is 1.12 bits per heavy atom. The van der Waals surface area contributed by atoms with Gasteiger partial charge >= 0.3 is 0 Å². The molecule has 0 aromatic rings. The Balaban J connectivity index is 3.77. The maximum Gasteiger partial charge on any atom is 0.0216 e.